The summed E-state index contributed by atoms with van der Waals surface area (Å²) in [4.78, 5) is 12.3. The predicted octanol–water partition coefficient (Wildman–Crippen LogP) is 1.61. The SMILES string of the molecule is Cl.O=C(NCC1COCCO1)c1cccc2c1CCCN2. The minimum atomic E-state index is -0.0367. The van der Waals surface area contributed by atoms with E-state index in [-0.39, 0.29) is 24.4 Å². The van der Waals surface area contributed by atoms with E-state index in [9.17, 15) is 4.79 Å². The van der Waals surface area contributed by atoms with E-state index in [1.54, 1.807) is 0 Å². The molecule has 1 unspecified atom stereocenters. The van der Waals surface area contributed by atoms with Crippen LogP contribution in [0, 0.1) is 0 Å². The summed E-state index contributed by atoms with van der Waals surface area (Å²) in [6.45, 7) is 3.27. The van der Waals surface area contributed by atoms with Crippen LogP contribution >= 0.6 is 12.4 Å². The van der Waals surface area contributed by atoms with Crippen LogP contribution in [0.2, 0.25) is 0 Å². The highest BCUT2D eigenvalue weighted by atomic mass is 35.5. The lowest BCUT2D eigenvalue weighted by Gasteiger charge is -2.24. The molecule has 1 aromatic rings. The van der Waals surface area contributed by atoms with Crippen LogP contribution in [-0.2, 0) is 15.9 Å². The van der Waals surface area contributed by atoms with Gasteiger partial charge in [-0.2, -0.15) is 0 Å². The highest BCUT2D eigenvalue weighted by molar-refractivity contribution is 5.97. The van der Waals surface area contributed by atoms with E-state index < -0.39 is 0 Å². The molecule has 0 spiro atoms. The van der Waals surface area contributed by atoms with Gasteiger partial charge in [0.2, 0.25) is 0 Å². The number of hydrogen-bond acceptors (Lipinski definition) is 4. The molecule has 1 atom stereocenters. The Balaban J connectivity index is 0.00000161. The summed E-state index contributed by atoms with van der Waals surface area (Å²) in [5.74, 6) is -0.0280. The first-order valence-electron chi connectivity index (χ1n) is 7.18. The molecule has 21 heavy (non-hydrogen) atoms. The smallest absolute Gasteiger partial charge is 0.251 e. The van der Waals surface area contributed by atoms with Crippen molar-refractivity contribution in [2.24, 2.45) is 0 Å². The number of anilines is 1. The van der Waals surface area contributed by atoms with E-state index >= 15 is 0 Å². The van der Waals surface area contributed by atoms with Crippen LogP contribution in [0.5, 0.6) is 0 Å². The molecule has 1 saturated heterocycles. The van der Waals surface area contributed by atoms with Gasteiger partial charge in [-0.15, -0.1) is 12.4 Å². The molecule has 116 valence electrons. The van der Waals surface area contributed by atoms with Gasteiger partial charge in [-0.1, -0.05) is 6.07 Å². The molecular weight excluding hydrogens is 292 g/mol. The lowest BCUT2D eigenvalue weighted by Crippen LogP contribution is -2.40. The number of hydrogen-bond donors (Lipinski definition) is 2. The minimum absolute atomic E-state index is 0. The Morgan fingerprint density at radius 1 is 1.38 bits per heavy atom. The van der Waals surface area contributed by atoms with Gasteiger partial charge in [0.05, 0.1) is 25.9 Å². The number of carbonyl (C=O) groups is 1. The fraction of sp³-hybridized carbons (Fsp3) is 0.533. The Hall–Kier alpha value is -1.30. The summed E-state index contributed by atoms with van der Waals surface area (Å²) in [5, 5.41) is 6.29. The first-order chi connectivity index (χ1) is 9.84. The zero-order valence-corrected chi connectivity index (χ0v) is 12.7. The zero-order valence-electron chi connectivity index (χ0n) is 11.9. The number of benzene rings is 1. The monoisotopic (exact) mass is 312 g/mol. The van der Waals surface area contributed by atoms with Crippen LogP contribution in [0.3, 0.4) is 0 Å². The first kappa shape index (κ1) is 16.1. The number of fused-ring (bicyclic) bond motifs is 1. The standard InChI is InChI=1S/C15H20N2O3.ClH/c18-15(17-9-11-10-19-7-8-20-11)13-3-1-5-14-12(13)4-2-6-16-14;/h1,3,5,11,16H,2,4,6-10H2,(H,17,18);1H. The van der Waals surface area contributed by atoms with Crippen molar-refractivity contribution in [3.63, 3.8) is 0 Å². The van der Waals surface area contributed by atoms with Gasteiger partial charge in [0.15, 0.2) is 0 Å². The topological polar surface area (TPSA) is 59.6 Å². The van der Waals surface area contributed by atoms with Crippen LogP contribution in [-0.4, -0.2) is 44.9 Å². The molecule has 1 fully saturated rings. The van der Waals surface area contributed by atoms with E-state index in [2.05, 4.69) is 10.6 Å². The van der Waals surface area contributed by atoms with E-state index in [1.807, 2.05) is 18.2 Å². The average molecular weight is 313 g/mol. The van der Waals surface area contributed by atoms with Crippen molar-refractivity contribution >= 4 is 24.0 Å². The number of nitrogens with one attached hydrogen (secondary N) is 2. The molecule has 3 rings (SSSR count). The van der Waals surface area contributed by atoms with Gasteiger partial charge in [0, 0.05) is 24.3 Å². The predicted molar refractivity (Wildman–Crippen MR) is 83.4 cm³/mol. The maximum Gasteiger partial charge on any atom is 0.251 e. The number of amides is 1. The molecule has 0 radical (unpaired) electrons. The summed E-state index contributed by atoms with van der Waals surface area (Å²) in [6.07, 6.45) is 1.98. The van der Waals surface area contributed by atoms with Crippen molar-refractivity contribution in [3.05, 3.63) is 29.3 Å². The Kier molecular flexibility index (Phi) is 5.85. The summed E-state index contributed by atoms with van der Waals surface area (Å²) in [5.41, 5.74) is 2.98. The maximum atomic E-state index is 12.3. The lowest BCUT2D eigenvalue weighted by atomic mass is 9.97. The second-order valence-electron chi connectivity index (χ2n) is 5.14. The van der Waals surface area contributed by atoms with E-state index in [1.165, 1.54) is 0 Å². The number of ether oxygens (including phenoxy) is 2. The lowest BCUT2D eigenvalue weighted by molar-refractivity contribution is -0.0855. The molecule has 0 aliphatic carbocycles. The van der Waals surface area contributed by atoms with Crippen LogP contribution < -0.4 is 10.6 Å². The number of rotatable bonds is 3. The van der Waals surface area contributed by atoms with E-state index in [4.69, 9.17) is 9.47 Å². The molecule has 2 heterocycles. The summed E-state index contributed by atoms with van der Waals surface area (Å²) in [7, 11) is 0. The Morgan fingerprint density at radius 3 is 3.10 bits per heavy atom. The van der Waals surface area contributed by atoms with Gasteiger partial charge in [-0.05, 0) is 30.5 Å². The van der Waals surface area contributed by atoms with Gasteiger partial charge < -0.3 is 20.1 Å². The number of halogens is 1. The highest BCUT2D eigenvalue weighted by Crippen LogP contribution is 2.25. The average Bonchev–Trinajstić information content (AvgIpc) is 2.53. The van der Waals surface area contributed by atoms with Gasteiger partial charge in [-0.25, -0.2) is 0 Å². The fourth-order valence-electron chi connectivity index (χ4n) is 2.68. The van der Waals surface area contributed by atoms with Crippen molar-refractivity contribution in [1.82, 2.24) is 5.32 Å². The second kappa shape index (κ2) is 7.64. The summed E-state index contributed by atoms with van der Waals surface area (Å²) >= 11 is 0. The van der Waals surface area contributed by atoms with Gasteiger partial charge >= 0.3 is 0 Å². The third-order valence-corrected chi connectivity index (χ3v) is 3.71. The molecule has 0 bridgehead atoms. The van der Waals surface area contributed by atoms with Crippen molar-refractivity contribution < 1.29 is 14.3 Å². The van der Waals surface area contributed by atoms with Crippen molar-refractivity contribution in [1.29, 1.82) is 0 Å². The van der Waals surface area contributed by atoms with Crippen molar-refractivity contribution in [3.8, 4) is 0 Å². The molecule has 5 nitrogen and oxygen atoms in total. The van der Waals surface area contributed by atoms with Gasteiger partial charge in [0.1, 0.15) is 0 Å². The van der Waals surface area contributed by atoms with Gasteiger partial charge in [-0.3, -0.25) is 4.79 Å². The molecule has 2 N–H and O–H groups in total. The van der Waals surface area contributed by atoms with Crippen LogP contribution in [0.15, 0.2) is 18.2 Å². The highest BCUT2D eigenvalue weighted by Gasteiger charge is 2.19. The van der Waals surface area contributed by atoms with Gasteiger partial charge in [0.25, 0.3) is 5.91 Å². The van der Waals surface area contributed by atoms with Crippen LogP contribution in [0.4, 0.5) is 5.69 Å². The maximum absolute atomic E-state index is 12.3. The van der Waals surface area contributed by atoms with Crippen molar-refractivity contribution in [2.45, 2.75) is 18.9 Å². The second-order valence-corrected chi connectivity index (χ2v) is 5.14. The normalized spacial score (nSPS) is 20.7. The molecule has 1 aromatic carbocycles. The molecule has 2 aliphatic rings. The molecule has 0 aromatic heterocycles. The minimum Gasteiger partial charge on any atom is -0.385 e. The van der Waals surface area contributed by atoms with Crippen molar-refractivity contribution in [2.75, 3.05) is 38.2 Å². The first-order valence-corrected chi connectivity index (χ1v) is 7.18. The zero-order chi connectivity index (χ0) is 13.8. The van der Waals surface area contributed by atoms with Crippen LogP contribution in [0.25, 0.3) is 0 Å². The van der Waals surface area contributed by atoms with E-state index in [0.29, 0.717) is 26.4 Å². The Morgan fingerprint density at radius 2 is 2.29 bits per heavy atom. The van der Waals surface area contributed by atoms with Crippen LogP contribution in [0.1, 0.15) is 22.3 Å². The third kappa shape index (κ3) is 3.87. The Bertz CT molecular complexity index is 490. The molecule has 6 heteroatoms. The van der Waals surface area contributed by atoms with E-state index in [0.717, 1.165) is 36.2 Å². The molecular formula is C15H21ClN2O3. The molecule has 2 aliphatic heterocycles. The Labute approximate surface area is 130 Å². The summed E-state index contributed by atoms with van der Waals surface area (Å²) in [6, 6.07) is 5.84. The molecule has 0 saturated carbocycles. The largest absolute Gasteiger partial charge is 0.385 e. The fourth-order valence-corrected chi connectivity index (χ4v) is 2.68. The molecule has 1 amide bonds. The summed E-state index contributed by atoms with van der Waals surface area (Å²) < 4.78 is 10.8. The quantitative estimate of drug-likeness (QED) is 0.890. The third-order valence-electron chi connectivity index (χ3n) is 3.71. The number of carbonyl (C=O) groups excluding carboxylic acids is 1.